The van der Waals surface area contributed by atoms with Crippen molar-refractivity contribution in [3.05, 3.63) is 65.4 Å². The first-order chi connectivity index (χ1) is 14.2. The molecule has 0 saturated carbocycles. The molecule has 4 aromatic rings. The Morgan fingerprint density at radius 1 is 1.07 bits per heavy atom. The predicted octanol–water partition coefficient (Wildman–Crippen LogP) is 3.39. The average Bonchev–Trinajstić information content (AvgIpc) is 3.40. The number of fused-ring (bicyclic) bond motifs is 3. The minimum absolute atomic E-state index is 0.310. The first kappa shape index (κ1) is 16.8. The van der Waals surface area contributed by atoms with E-state index in [0.29, 0.717) is 17.2 Å². The van der Waals surface area contributed by atoms with Gasteiger partial charge in [-0.25, -0.2) is 9.78 Å². The van der Waals surface area contributed by atoms with Crippen molar-refractivity contribution in [2.75, 3.05) is 31.1 Å². The van der Waals surface area contributed by atoms with E-state index >= 15 is 0 Å². The maximum Gasteiger partial charge on any atom is 0.344 e. The summed E-state index contributed by atoms with van der Waals surface area (Å²) in [7, 11) is 0. The summed E-state index contributed by atoms with van der Waals surface area (Å²) in [5.41, 5.74) is 3.72. The van der Waals surface area contributed by atoms with E-state index in [9.17, 15) is 4.79 Å². The molecule has 2 fully saturated rings. The van der Waals surface area contributed by atoms with Gasteiger partial charge in [0, 0.05) is 67.0 Å². The summed E-state index contributed by atoms with van der Waals surface area (Å²) >= 11 is 0. The lowest BCUT2D eigenvalue weighted by Crippen LogP contribution is -2.50. The second-order valence-corrected chi connectivity index (χ2v) is 8.06. The molecular formula is C23H22N4O2. The van der Waals surface area contributed by atoms with Gasteiger partial charge in [-0.15, -0.1) is 0 Å². The van der Waals surface area contributed by atoms with E-state index in [4.69, 9.17) is 4.42 Å². The summed E-state index contributed by atoms with van der Waals surface area (Å²) < 4.78 is 7.65. The van der Waals surface area contributed by atoms with E-state index in [1.165, 1.54) is 19.4 Å². The van der Waals surface area contributed by atoms with Crippen LogP contribution in [0, 0.1) is 0 Å². The van der Waals surface area contributed by atoms with Gasteiger partial charge in [0.05, 0.1) is 5.56 Å². The van der Waals surface area contributed by atoms with Crippen molar-refractivity contribution in [2.24, 2.45) is 0 Å². The van der Waals surface area contributed by atoms with Crippen LogP contribution in [0.15, 0.2) is 64.2 Å². The fraction of sp³-hybridized carbons (Fsp3) is 0.304. The van der Waals surface area contributed by atoms with Crippen molar-refractivity contribution < 1.29 is 4.42 Å². The fourth-order valence-electron chi connectivity index (χ4n) is 4.80. The maximum absolute atomic E-state index is 12.7. The normalized spacial score (nSPS) is 19.9. The lowest BCUT2D eigenvalue weighted by Gasteiger charge is -2.38. The molecule has 5 heterocycles. The molecule has 0 N–H and O–H groups in total. The Morgan fingerprint density at radius 2 is 2.03 bits per heavy atom. The molecule has 1 aromatic carbocycles. The molecule has 0 amide bonds. The van der Waals surface area contributed by atoms with Crippen molar-refractivity contribution in [1.82, 2.24) is 14.3 Å². The van der Waals surface area contributed by atoms with Crippen LogP contribution in [-0.2, 0) is 0 Å². The SMILES string of the molecule is O=c1oc2cc(N3CCN4CCC[C@H]4C3)ccc2cc1-c1ccc2nccn2c1. The Hall–Kier alpha value is -3.12. The van der Waals surface area contributed by atoms with Gasteiger partial charge in [-0.2, -0.15) is 0 Å². The van der Waals surface area contributed by atoms with Gasteiger partial charge in [-0.3, -0.25) is 4.90 Å². The highest BCUT2D eigenvalue weighted by Crippen LogP contribution is 2.29. The zero-order valence-electron chi connectivity index (χ0n) is 16.1. The molecule has 0 bridgehead atoms. The average molecular weight is 386 g/mol. The summed E-state index contributed by atoms with van der Waals surface area (Å²) in [4.78, 5) is 22.0. The summed E-state index contributed by atoms with van der Waals surface area (Å²) in [5, 5.41) is 0.939. The molecule has 1 atom stereocenters. The van der Waals surface area contributed by atoms with Crippen LogP contribution >= 0.6 is 0 Å². The lowest BCUT2D eigenvalue weighted by molar-refractivity contribution is 0.231. The number of hydrogen-bond acceptors (Lipinski definition) is 5. The number of benzene rings is 1. The molecule has 2 aliphatic rings. The van der Waals surface area contributed by atoms with Crippen LogP contribution in [0.25, 0.3) is 27.7 Å². The number of pyridine rings is 1. The van der Waals surface area contributed by atoms with Gasteiger partial charge in [0.1, 0.15) is 11.2 Å². The Bertz CT molecular complexity index is 1270. The van der Waals surface area contributed by atoms with Gasteiger partial charge in [0.25, 0.3) is 0 Å². The molecule has 6 rings (SSSR count). The first-order valence-corrected chi connectivity index (χ1v) is 10.2. The number of rotatable bonds is 2. The minimum Gasteiger partial charge on any atom is -0.422 e. The number of imidazole rings is 1. The smallest absolute Gasteiger partial charge is 0.344 e. The highest BCUT2D eigenvalue weighted by atomic mass is 16.4. The van der Waals surface area contributed by atoms with Crippen LogP contribution in [0.2, 0.25) is 0 Å². The number of anilines is 1. The maximum atomic E-state index is 12.7. The summed E-state index contributed by atoms with van der Waals surface area (Å²) in [6.45, 7) is 4.43. The molecular weight excluding hydrogens is 364 g/mol. The number of piperazine rings is 1. The quantitative estimate of drug-likeness (QED) is 0.494. The Labute approximate surface area is 168 Å². The third-order valence-corrected chi connectivity index (χ3v) is 6.37. The van der Waals surface area contributed by atoms with Gasteiger partial charge >= 0.3 is 5.63 Å². The molecule has 0 spiro atoms. The Kier molecular flexibility index (Phi) is 3.74. The fourth-order valence-corrected chi connectivity index (χ4v) is 4.80. The van der Waals surface area contributed by atoms with Crippen LogP contribution in [0.4, 0.5) is 5.69 Å². The van der Waals surface area contributed by atoms with E-state index in [0.717, 1.165) is 41.9 Å². The van der Waals surface area contributed by atoms with Gasteiger partial charge in [0.2, 0.25) is 0 Å². The topological polar surface area (TPSA) is 54.0 Å². The lowest BCUT2D eigenvalue weighted by atomic mass is 10.1. The van der Waals surface area contributed by atoms with Gasteiger partial charge in [-0.1, -0.05) is 0 Å². The molecule has 3 aromatic heterocycles. The summed E-state index contributed by atoms with van der Waals surface area (Å²) in [6, 6.07) is 12.6. The van der Waals surface area contributed by atoms with Crippen LogP contribution in [-0.4, -0.2) is 46.5 Å². The highest BCUT2D eigenvalue weighted by molar-refractivity contribution is 5.84. The molecule has 6 nitrogen and oxygen atoms in total. The van der Waals surface area contributed by atoms with E-state index in [1.807, 2.05) is 41.1 Å². The molecule has 2 saturated heterocycles. The van der Waals surface area contributed by atoms with Crippen LogP contribution in [0.3, 0.4) is 0 Å². The van der Waals surface area contributed by atoms with Crippen LogP contribution < -0.4 is 10.5 Å². The van der Waals surface area contributed by atoms with Crippen molar-refractivity contribution >= 4 is 22.3 Å². The Morgan fingerprint density at radius 3 is 3.00 bits per heavy atom. The van der Waals surface area contributed by atoms with Crippen LogP contribution in [0.1, 0.15) is 12.8 Å². The van der Waals surface area contributed by atoms with Crippen molar-refractivity contribution in [3.63, 3.8) is 0 Å². The van der Waals surface area contributed by atoms with Gasteiger partial charge < -0.3 is 13.7 Å². The first-order valence-electron chi connectivity index (χ1n) is 10.2. The van der Waals surface area contributed by atoms with Crippen molar-refractivity contribution in [2.45, 2.75) is 18.9 Å². The standard InChI is InChI=1S/C23H22N4O2/c28-23-20(17-4-6-22-24-7-9-27(22)14-17)12-16-3-5-18(13-21(16)29-23)26-11-10-25-8-1-2-19(25)15-26/h3-7,9,12-14,19H,1-2,8,10-11,15H2/t19-/m0/s1. The molecule has 146 valence electrons. The van der Waals surface area contributed by atoms with E-state index in [1.54, 1.807) is 6.20 Å². The Balaban J connectivity index is 1.36. The van der Waals surface area contributed by atoms with Gasteiger partial charge in [-0.05, 0) is 49.7 Å². The highest BCUT2D eigenvalue weighted by Gasteiger charge is 2.30. The van der Waals surface area contributed by atoms with Crippen LogP contribution in [0.5, 0.6) is 0 Å². The van der Waals surface area contributed by atoms with E-state index < -0.39 is 0 Å². The summed E-state index contributed by atoms with van der Waals surface area (Å²) in [5.74, 6) is 0. The third-order valence-electron chi connectivity index (χ3n) is 6.37. The molecule has 29 heavy (non-hydrogen) atoms. The third kappa shape index (κ3) is 2.83. The second kappa shape index (κ2) is 6.46. The number of aromatic nitrogens is 2. The zero-order valence-corrected chi connectivity index (χ0v) is 16.1. The van der Waals surface area contributed by atoms with Crippen molar-refractivity contribution in [1.29, 1.82) is 0 Å². The monoisotopic (exact) mass is 386 g/mol. The zero-order chi connectivity index (χ0) is 19.4. The molecule has 0 radical (unpaired) electrons. The number of hydrogen-bond donors (Lipinski definition) is 0. The molecule has 6 heteroatoms. The van der Waals surface area contributed by atoms with E-state index in [-0.39, 0.29) is 5.63 Å². The minimum atomic E-state index is -0.310. The second-order valence-electron chi connectivity index (χ2n) is 8.06. The van der Waals surface area contributed by atoms with Gasteiger partial charge in [0.15, 0.2) is 0 Å². The molecule has 0 aliphatic carbocycles. The largest absolute Gasteiger partial charge is 0.422 e. The molecule has 0 unspecified atom stereocenters. The molecule has 2 aliphatic heterocycles. The predicted molar refractivity (Wildman–Crippen MR) is 113 cm³/mol. The van der Waals surface area contributed by atoms with Crippen molar-refractivity contribution in [3.8, 4) is 11.1 Å². The number of nitrogens with zero attached hydrogens (tertiary/aromatic N) is 4. The summed E-state index contributed by atoms with van der Waals surface area (Å²) in [6.07, 6.45) is 8.12. The van der Waals surface area contributed by atoms with E-state index in [2.05, 4.69) is 26.9 Å².